The van der Waals surface area contributed by atoms with E-state index in [0.717, 1.165) is 37.4 Å². The number of hydrogen-bond acceptors (Lipinski definition) is 5. The van der Waals surface area contributed by atoms with Gasteiger partial charge in [-0.3, -0.25) is 10.2 Å². The number of hydrogen-bond donors (Lipinski definition) is 3. The maximum absolute atomic E-state index is 11.8. The van der Waals surface area contributed by atoms with Crippen molar-refractivity contribution in [3.05, 3.63) is 0 Å². The number of piperidine rings is 1. The van der Waals surface area contributed by atoms with E-state index in [9.17, 15) is 9.90 Å². The fourth-order valence-corrected chi connectivity index (χ4v) is 2.67. The van der Waals surface area contributed by atoms with Crippen molar-refractivity contribution in [1.29, 1.82) is 0 Å². The zero-order valence-corrected chi connectivity index (χ0v) is 11.9. The van der Waals surface area contributed by atoms with Gasteiger partial charge in [-0.2, -0.15) is 11.8 Å². The molecule has 0 aromatic carbocycles. The Kier molecular flexibility index (Phi) is 7.65. The highest BCUT2D eigenvalue weighted by atomic mass is 32.2. The number of aliphatic hydroxyl groups is 1. The lowest BCUT2D eigenvalue weighted by Gasteiger charge is -2.28. The number of rotatable bonds is 7. The van der Waals surface area contributed by atoms with Crippen molar-refractivity contribution < 1.29 is 9.90 Å². The first-order chi connectivity index (χ1) is 8.65. The monoisotopic (exact) mass is 275 g/mol. The third-order valence-electron chi connectivity index (χ3n) is 3.10. The predicted octanol–water partition coefficient (Wildman–Crippen LogP) is 0.335. The number of thioether (sulfide) groups is 1. The highest BCUT2D eigenvalue weighted by Gasteiger charge is 2.24. The van der Waals surface area contributed by atoms with Crippen LogP contribution in [0.2, 0.25) is 0 Å². The summed E-state index contributed by atoms with van der Waals surface area (Å²) in [5.41, 5.74) is 8.57. The molecule has 6 heteroatoms. The number of aliphatic hydroxyl groups excluding tert-OH is 1. The molecule has 0 bridgehead atoms. The fraction of sp³-hybridized carbons (Fsp3) is 0.917. The summed E-state index contributed by atoms with van der Waals surface area (Å²) in [5, 5.41) is 11.7. The standard InChI is InChI=1S/C12H25N3O2S/c1-2-18-9-6-10(13)11(16)12(17)14-15-7-4-3-5-8-15/h10-11,16H,2-9,13H2,1H3,(H,14,17)/t10-,11?/m1/s1. The number of carbonyl (C=O) groups excluding carboxylic acids is 1. The summed E-state index contributed by atoms with van der Waals surface area (Å²) in [6, 6.07) is -0.478. The van der Waals surface area contributed by atoms with Gasteiger partial charge in [0.05, 0.1) is 0 Å². The lowest BCUT2D eigenvalue weighted by molar-refractivity contribution is -0.135. The minimum atomic E-state index is -1.11. The molecule has 1 amide bonds. The molecule has 1 fully saturated rings. The number of nitrogens with zero attached hydrogens (tertiary/aromatic N) is 1. The third-order valence-corrected chi connectivity index (χ3v) is 4.03. The normalized spacial score (nSPS) is 20.4. The van der Waals surface area contributed by atoms with Crippen molar-refractivity contribution in [2.45, 2.75) is 44.8 Å². The lowest BCUT2D eigenvalue weighted by atomic mass is 10.1. The van der Waals surface area contributed by atoms with E-state index in [1.54, 1.807) is 11.8 Å². The molecule has 0 aromatic heterocycles. The second kappa shape index (κ2) is 8.74. The van der Waals surface area contributed by atoms with Crippen LogP contribution >= 0.6 is 11.8 Å². The molecule has 0 saturated carbocycles. The maximum atomic E-state index is 11.8. The van der Waals surface area contributed by atoms with Gasteiger partial charge in [0, 0.05) is 19.1 Å². The van der Waals surface area contributed by atoms with Gasteiger partial charge < -0.3 is 10.8 Å². The summed E-state index contributed by atoms with van der Waals surface area (Å²) >= 11 is 1.77. The van der Waals surface area contributed by atoms with Gasteiger partial charge in [-0.25, -0.2) is 5.01 Å². The van der Waals surface area contributed by atoms with E-state index in [4.69, 9.17) is 5.73 Å². The van der Waals surface area contributed by atoms with Gasteiger partial charge in [0.25, 0.3) is 5.91 Å². The van der Waals surface area contributed by atoms with Crippen LogP contribution in [0.3, 0.4) is 0 Å². The smallest absolute Gasteiger partial charge is 0.264 e. The van der Waals surface area contributed by atoms with Crippen molar-refractivity contribution >= 4 is 17.7 Å². The van der Waals surface area contributed by atoms with E-state index in [2.05, 4.69) is 12.3 Å². The van der Waals surface area contributed by atoms with Gasteiger partial charge >= 0.3 is 0 Å². The minimum Gasteiger partial charge on any atom is -0.382 e. The van der Waals surface area contributed by atoms with Crippen molar-refractivity contribution in [2.75, 3.05) is 24.6 Å². The predicted molar refractivity (Wildman–Crippen MR) is 75.2 cm³/mol. The highest BCUT2D eigenvalue weighted by Crippen LogP contribution is 2.08. The minimum absolute atomic E-state index is 0.370. The molecule has 1 unspecified atom stereocenters. The van der Waals surface area contributed by atoms with E-state index in [1.807, 2.05) is 5.01 Å². The quantitative estimate of drug-likeness (QED) is 0.584. The Hall–Kier alpha value is -0.300. The van der Waals surface area contributed by atoms with Crippen LogP contribution in [0.15, 0.2) is 0 Å². The fourth-order valence-electron chi connectivity index (χ4n) is 1.94. The molecule has 1 aliphatic heterocycles. The summed E-state index contributed by atoms with van der Waals surface area (Å²) in [6.45, 7) is 3.80. The van der Waals surface area contributed by atoms with Gasteiger partial charge in [0.2, 0.25) is 0 Å². The van der Waals surface area contributed by atoms with Gasteiger partial charge in [-0.1, -0.05) is 13.3 Å². The molecule has 0 aliphatic carbocycles. The summed E-state index contributed by atoms with van der Waals surface area (Å²) < 4.78 is 0. The second-order valence-electron chi connectivity index (χ2n) is 4.62. The van der Waals surface area contributed by atoms with E-state index in [0.29, 0.717) is 6.42 Å². The van der Waals surface area contributed by atoms with Crippen LogP contribution in [0.25, 0.3) is 0 Å². The van der Waals surface area contributed by atoms with Crippen LogP contribution in [0.4, 0.5) is 0 Å². The van der Waals surface area contributed by atoms with Gasteiger partial charge in [-0.15, -0.1) is 0 Å². The molecule has 0 aromatic rings. The van der Waals surface area contributed by atoms with Crippen LogP contribution in [-0.2, 0) is 4.79 Å². The van der Waals surface area contributed by atoms with E-state index in [1.165, 1.54) is 6.42 Å². The summed E-state index contributed by atoms with van der Waals surface area (Å²) in [7, 11) is 0. The lowest BCUT2D eigenvalue weighted by Crippen LogP contribution is -2.53. The maximum Gasteiger partial charge on any atom is 0.264 e. The molecule has 18 heavy (non-hydrogen) atoms. The van der Waals surface area contributed by atoms with Gasteiger partial charge in [-0.05, 0) is 30.8 Å². The van der Waals surface area contributed by atoms with E-state index < -0.39 is 12.1 Å². The Morgan fingerprint density at radius 3 is 2.72 bits per heavy atom. The topological polar surface area (TPSA) is 78.6 Å². The molecule has 1 heterocycles. The molecule has 0 radical (unpaired) electrons. The summed E-state index contributed by atoms with van der Waals surface area (Å²) in [5.74, 6) is 1.54. The number of nitrogens with one attached hydrogen (secondary N) is 1. The molecule has 4 N–H and O–H groups in total. The molecular weight excluding hydrogens is 250 g/mol. The van der Waals surface area contributed by atoms with Gasteiger partial charge in [0.1, 0.15) is 6.10 Å². The number of nitrogens with two attached hydrogens (primary N) is 1. The third kappa shape index (κ3) is 5.56. The molecule has 1 rings (SSSR count). The average Bonchev–Trinajstić information content (AvgIpc) is 2.39. The van der Waals surface area contributed by atoms with E-state index in [-0.39, 0.29) is 5.91 Å². The Balaban J connectivity index is 2.25. The molecule has 2 atom stereocenters. The van der Waals surface area contributed by atoms with Crippen LogP contribution in [0, 0.1) is 0 Å². The molecule has 1 saturated heterocycles. The van der Waals surface area contributed by atoms with Crippen molar-refractivity contribution in [2.24, 2.45) is 5.73 Å². The van der Waals surface area contributed by atoms with E-state index >= 15 is 0 Å². The largest absolute Gasteiger partial charge is 0.382 e. The van der Waals surface area contributed by atoms with Crippen LogP contribution in [-0.4, -0.2) is 52.8 Å². The second-order valence-corrected chi connectivity index (χ2v) is 6.01. The van der Waals surface area contributed by atoms with Crippen LogP contribution < -0.4 is 11.2 Å². The summed E-state index contributed by atoms with van der Waals surface area (Å²) in [6.07, 6.45) is 2.95. The highest BCUT2D eigenvalue weighted by molar-refractivity contribution is 7.99. The zero-order chi connectivity index (χ0) is 13.4. The molecular formula is C12H25N3O2S. The average molecular weight is 275 g/mol. The Morgan fingerprint density at radius 1 is 1.44 bits per heavy atom. The first-order valence-corrected chi connectivity index (χ1v) is 7.87. The molecule has 1 aliphatic rings. The Bertz CT molecular complexity index is 247. The summed E-state index contributed by atoms with van der Waals surface area (Å²) in [4.78, 5) is 11.8. The van der Waals surface area contributed by atoms with Crippen LogP contribution in [0.5, 0.6) is 0 Å². The first kappa shape index (κ1) is 15.8. The Morgan fingerprint density at radius 2 is 2.11 bits per heavy atom. The van der Waals surface area contributed by atoms with Crippen molar-refractivity contribution in [3.8, 4) is 0 Å². The number of hydrazine groups is 1. The number of amides is 1. The van der Waals surface area contributed by atoms with Crippen molar-refractivity contribution in [1.82, 2.24) is 10.4 Å². The van der Waals surface area contributed by atoms with Crippen molar-refractivity contribution in [3.63, 3.8) is 0 Å². The first-order valence-electron chi connectivity index (χ1n) is 6.72. The molecule has 106 valence electrons. The van der Waals surface area contributed by atoms with Gasteiger partial charge in [0.15, 0.2) is 0 Å². The zero-order valence-electron chi connectivity index (χ0n) is 11.1. The van der Waals surface area contributed by atoms with Crippen LogP contribution in [0.1, 0.15) is 32.6 Å². The number of carbonyl (C=O) groups is 1. The SMILES string of the molecule is CCSCC[C@@H](N)C(O)C(=O)NN1CCCCC1. The molecule has 0 spiro atoms. The molecule has 5 nitrogen and oxygen atoms in total. The Labute approximate surface area is 113 Å².